The molecule has 1 aromatic heterocycles. The molecule has 0 aliphatic carbocycles. The summed E-state index contributed by atoms with van der Waals surface area (Å²) in [6, 6.07) is 17.0. The molecule has 2 aromatic carbocycles. The Labute approximate surface area is 160 Å². The maximum Gasteiger partial charge on any atom is 0.255 e. The van der Waals surface area contributed by atoms with Crippen LogP contribution >= 0.6 is 23.2 Å². The molecule has 1 amide bonds. The maximum absolute atomic E-state index is 12.4. The fraction of sp³-hybridized carbons (Fsp3) is 0. The number of amides is 1. The summed E-state index contributed by atoms with van der Waals surface area (Å²) < 4.78 is 0. The van der Waals surface area contributed by atoms with E-state index in [1.807, 2.05) is 6.07 Å². The average molecular weight is 383 g/mol. The molecule has 0 saturated carbocycles. The van der Waals surface area contributed by atoms with Gasteiger partial charge >= 0.3 is 0 Å². The fourth-order valence-electron chi connectivity index (χ4n) is 2.24. The lowest BCUT2D eigenvalue weighted by atomic mass is 10.2. The minimum Gasteiger partial charge on any atom is -0.339 e. The molecule has 3 rings (SSSR count). The molecule has 0 atom stereocenters. The van der Waals surface area contributed by atoms with E-state index >= 15 is 0 Å². The Kier molecular flexibility index (Phi) is 5.37. The van der Waals surface area contributed by atoms with Crippen LogP contribution in [0.4, 0.5) is 17.2 Å². The van der Waals surface area contributed by atoms with Gasteiger partial charge in [-0.25, -0.2) is 4.98 Å². The van der Waals surface area contributed by atoms with Crippen LogP contribution < -0.4 is 10.6 Å². The molecule has 0 fully saturated rings. The van der Waals surface area contributed by atoms with Crippen LogP contribution in [-0.4, -0.2) is 10.9 Å². The number of benzene rings is 2. The molecule has 0 bridgehead atoms. The van der Waals surface area contributed by atoms with Crippen molar-refractivity contribution in [2.24, 2.45) is 0 Å². The lowest BCUT2D eigenvalue weighted by Gasteiger charge is -2.10. The average Bonchev–Trinajstić information content (AvgIpc) is 2.64. The number of nitrogens with one attached hydrogen (secondary N) is 2. The summed E-state index contributed by atoms with van der Waals surface area (Å²) in [5, 5.41) is 15.7. The second-order valence-electron chi connectivity index (χ2n) is 5.33. The Morgan fingerprint density at radius 3 is 2.69 bits per heavy atom. The Morgan fingerprint density at radius 2 is 1.92 bits per heavy atom. The molecule has 128 valence electrons. The number of hydrogen-bond donors (Lipinski definition) is 2. The predicted molar refractivity (Wildman–Crippen MR) is 103 cm³/mol. The van der Waals surface area contributed by atoms with E-state index in [1.54, 1.807) is 54.6 Å². The highest BCUT2D eigenvalue weighted by Gasteiger charge is 2.09. The van der Waals surface area contributed by atoms with E-state index in [0.717, 1.165) is 0 Å². The van der Waals surface area contributed by atoms with E-state index in [1.165, 1.54) is 6.20 Å². The molecule has 0 spiro atoms. The maximum atomic E-state index is 12.4. The van der Waals surface area contributed by atoms with Gasteiger partial charge in [-0.15, -0.1) is 0 Å². The standard InChI is InChI=1S/C19H12Cl2N4O/c20-14-4-5-17(16(21)10-14)25-18-9-13(6-7-23-18)19(26)24-15-3-1-2-12(8-15)11-22/h1-10H,(H,23,25)(H,24,26). The predicted octanol–water partition coefficient (Wildman–Crippen LogP) is 5.26. The van der Waals surface area contributed by atoms with Crippen molar-refractivity contribution < 1.29 is 4.79 Å². The molecule has 26 heavy (non-hydrogen) atoms. The Hall–Kier alpha value is -3.07. The quantitative estimate of drug-likeness (QED) is 0.645. The van der Waals surface area contributed by atoms with Crippen LogP contribution in [0.25, 0.3) is 0 Å². The third-order valence-electron chi connectivity index (χ3n) is 3.47. The normalized spacial score (nSPS) is 10.0. The van der Waals surface area contributed by atoms with Crippen molar-refractivity contribution in [1.29, 1.82) is 5.26 Å². The third kappa shape index (κ3) is 4.31. The van der Waals surface area contributed by atoms with Gasteiger partial charge in [-0.3, -0.25) is 4.79 Å². The zero-order chi connectivity index (χ0) is 18.5. The smallest absolute Gasteiger partial charge is 0.255 e. The topological polar surface area (TPSA) is 77.8 Å². The number of nitriles is 1. The summed E-state index contributed by atoms with van der Waals surface area (Å²) in [6.45, 7) is 0. The third-order valence-corrected chi connectivity index (χ3v) is 4.01. The highest BCUT2D eigenvalue weighted by molar-refractivity contribution is 6.36. The van der Waals surface area contributed by atoms with Gasteiger partial charge in [0.2, 0.25) is 0 Å². The van der Waals surface area contributed by atoms with E-state index < -0.39 is 0 Å². The van der Waals surface area contributed by atoms with Crippen LogP contribution in [0.3, 0.4) is 0 Å². The van der Waals surface area contributed by atoms with Gasteiger partial charge in [0.25, 0.3) is 5.91 Å². The van der Waals surface area contributed by atoms with Crippen LogP contribution in [0.5, 0.6) is 0 Å². The second kappa shape index (κ2) is 7.87. The molecule has 0 saturated heterocycles. The lowest BCUT2D eigenvalue weighted by Crippen LogP contribution is -2.12. The molecule has 0 unspecified atom stereocenters. The number of halogens is 2. The van der Waals surface area contributed by atoms with Crippen molar-refractivity contribution >= 4 is 46.3 Å². The zero-order valence-corrected chi connectivity index (χ0v) is 14.8. The van der Waals surface area contributed by atoms with Gasteiger partial charge < -0.3 is 10.6 Å². The zero-order valence-electron chi connectivity index (χ0n) is 13.3. The molecule has 5 nitrogen and oxygen atoms in total. The Morgan fingerprint density at radius 1 is 1.08 bits per heavy atom. The van der Waals surface area contributed by atoms with E-state index in [2.05, 4.69) is 15.6 Å². The highest BCUT2D eigenvalue weighted by atomic mass is 35.5. The van der Waals surface area contributed by atoms with Crippen LogP contribution in [0.2, 0.25) is 10.0 Å². The van der Waals surface area contributed by atoms with Crippen molar-refractivity contribution in [1.82, 2.24) is 4.98 Å². The van der Waals surface area contributed by atoms with Crippen molar-refractivity contribution in [3.63, 3.8) is 0 Å². The molecule has 2 N–H and O–H groups in total. The Bertz CT molecular complexity index is 1010. The number of pyridine rings is 1. The minimum atomic E-state index is -0.312. The summed E-state index contributed by atoms with van der Waals surface area (Å²) in [4.78, 5) is 16.6. The number of hydrogen-bond acceptors (Lipinski definition) is 4. The number of carbonyl (C=O) groups excluding carboxylic acids is 1. The van der Waals surface area contributed by atoms with E-state index in [9.17, 15) is 4.79 Å². The summed E-state index contributed by atoms with van der Waals surface area (Å²) >= 11 is 12.0. The fourth-order valence-corrected chi connectivity index (χ4v) is 2.69. The first-order valence-electron chi connectivity index (χ1n) is 7.55. The summed E-state index contributed by atoms with van der Waals surface area (Å²) in [5.41, 5.74) is 2.05. The van der Waals surface area contributed by atoms with Crippen molar-refractivity contribution in [2.45, 2.75) is 0 Å². The number of rotatable bonds is 4. The van der Waals surface area contributed by atoms with Crippen molar-refractivity contribution in [3.05, 3.63) is 82.0 Å². The number of anilines is 3. The first kappa shape index (κ1) is 17.7. The number of aromatic nitrogens is 1. The molecule has 0 radical (unpaired) electrons. The Balaban J connectivity index is 1.78. The van der Waals surface area contributed by atoms with Crippen LogP contribution in [0.1, 0.15) is 15.9 Å². The first-order valence-corrected chi connectivity index (χ1v) is 8.30. The molecular formula is C19H12Cl2N4O. The van der Waals surface area contributed by atoms with Gasteiger partial charge in [0.15, 0.2) is 0 Å². The van der Waals surface area contributed by atoms with E-state index in [-0.39, 0.29) is 5.91 Å². The summed E-state index contributed by atoms with van der Waals surface area (Å²) in [5.74, 6) is 0.153. The second-order valence-corrected chi connectivity index (χ2v) is 6.17. The summed E-state index contributed by atoms with van der Waals surface area (Å²) in [7, 11) is 0. The van der Waals surface area contributed by atoms with Gasteiger partial charge in [0, 0.05) is 22.5 Å². The van der Waals surface area contributed by atoms with Crippen LogP contribution in [-0.2, 0) is 0 Å². The van der Waals surface area contributed by atoms with Crippen molar-refractivity contribution in [3.8, 4) is 6.07 Å². The van der Waals surface area contributed by atoms with Crippen LogP contribution in [0, 0.1) is 11.3 Å². The molecule has 0 aliphatic heterocycles. The van der Waals surface area contributed by atoms with E-state index in [0.29, 0.717) is 38.4 Å². The van der Waals surface area contributed by atoms with E-state index in [4.69, 9.17) is 28.5 Å². The molecule has 0 aliphatic rings. The molecule has 7 heteroatoms. The molecule has 1 heterocycles. The molecule has 3 aromatic rings. The lowest BCUT2D eigenvalue weighted by molar-refractivity contribution is 0.102. The number of nitrogens with zero attached hydrogens (tertiary/aromatic N) is 2. The van der Waals surface area contributed by atoms with Crippen molar-refractivity contribution in [2.75, 3.05) is 10.6 Å². The largest absolute Gasteiger partial charge is 0.339 e. The monoisotopic (exact) mass is 382 g/mol. The summed E-state index contributed by atoms with van der Waals surface area (Å²) in [6.07, 6.45) is 1.52. The first-order chi connectivity index (χ1) is 12.5. The minimum absolute atomic E-state index is 0.312. The van der Waals surface area contributed by atoms with Crippen LogP contribution in [0.15, 0.2) is 60.8 Å². The number of carbonyl (C=O) groups is 1. The van der Waals surface area contributed by atoms with Gasteiger partial charge in [0.05, 0.1) is 22.3 Å². The highest BCUT2D eigenvalue weighted by Crippen LogP contribution is 2.27. The van der Waals surface area contributed by atoms with Gasteiger partial charge in [-0.05, 0) is 48.5 Å². The van der Waals surface area contributed by atoms with Gasteiger partial charge in [-0.2, -0.15) is 5.26 Å². The van der Waals surface area contributed by atoms with Gasteiger partial charge in [0.1, 0.15) is 5.82 Å². The molecular weight excluding hydrogens is 371 g/mol. The SMILES string of the molecule is N#Cc1cccc(NC(=O)c2ccnc(Nc3ccc(Cl)cc3Cl)c2)c1. The van der Waals surface area contributed by atoms with Gasteiger partial charge in [-0.1, -0.05) is 29.3 Å².